The van der Waals surface area contributed by atoms with Crippen molar-refractivity contribution in [1.29, 1.82) is 0 Å². The number of unbranched alkanes of at least 4 members (excludes halogenated alkanes) is 1. The van der Waals surface area contributed by atoms with Gasteiger partial charge in [-0.1, -0.05) is 33.1 Å². The summed E-state index contributed by atoms with van der Waals surface area (Å²) in [5.74, 6) is 2.23. The number of anilines is 1. The fourth-order valence-corrected chi connectivity index (χ4v) is 3.04. The zero-order valence-corrected chi connectivity index (χ0v) is 16.8. The minimum Gasteiger partial charge on any atom is -0.486 e. The Morgan fingerprint density at radius 2 is 2.00 bits per heavy atom. The molecule has 26 heavy (non-hydrogen) atoms. The van der Waals surface area contributed by atoms with Gasteiger partial charge in [-0.25, -0.2) is 0 Å². The Labute approximate surface area is 162 Å². The molecule has 1 aliphatic rings. The first-order chi connectivity index (χ1) is 12.7. The first-order valence-electron chi connectivity index (χ1n) is 9.75. The molecule has 1 aromatic carbocycles. The Kier molecular flexibility index (Phi) is 9.56. The van der Waals surface area contributed by atoms with Gasteiger partial charge in [0.2, 0.25) is 0 Å². The zero-order valence-electron chi connectivity index (χ0n) is 16.0. The molecule has 0 spiro atoms. The lowest BCUT2D eigenvalue weighted by Crippen LogP contribution is -2.30. The fraction of sp³-hybridized carbons (Fsp3) is 0.650. The maximum absolute atomic E-state index is 5.81. The lowest BCUT2D eigenvalue weighted by atomic mass is 10.0. The smallest absolute Gasteiger partial charge is 0.170 e. The van der Waals surface area contributed by atoms with Crippen LogP contribution in [0.1, 0.15) is 46.0 Å². The standard InChI is InChI=1S/C20H32N2O3S/c1-3-5-7-16(4-2)15-23-11-6-10-21-20(26)22-17-8-9-18-19(14-17)25-13-12-24-18/h8-9,14,16H,3-7,10-13,15H2,1-2H3,(H2,21,22,26). The van der Waals surface area contributed by atoms with Crippen LogP contribution in [0.2, 0.25) is 0 Å². The van der Waals surface area contributed by atoms with Crippen molar-refractivity contribution in [3.05, 3.63) is 18.2 Å². The number of thiocarbonyl (C=S) groups is 1. The molecule has 1 atom stereocenters. The molecule has 0 saturated heterocycles. The summed E-state index contributed by atoms with van der Waals surface area (Å²) in [7, 11) is 0. The minimum atomic E-state index is 0.580. The van der Waals surface area contributed by atoms with Crippen LogP contribution in [-0.4, -0.2) is 38.1 Å². The third kappa shape index (κ3) is 7.38. The highest BCUT2D eigenvalue weighted by Gasteiger charge is 2.12. The van der Waals surface area contributed by atoms with Crippen molar-refractivity contribution >= 4 is 23.0 Å². The van der Waals surface area contributed by atoms with Gasteiger partial charge < -0.3 is 24.8 Å². The van der Waals surface area contributed by atoms with Crippen molar-refractivity contribution in [2.75, 3.05) is 38.3 Å². The predicted octanol–water partition coefficient (Wildman–Crippen LogP) is 4.37. The summed E-state index contributed by atoms with van der Waals surface area (Å²) in [4.78, 5) is 0. The first kappa shape index (κ1) is 20.8. The van der Waals surface area contributed by atoms with Gasteiger partial charge in [0.15, 0.2) is 16.6 Å². The van der Waals surface area contributed by atoms with Crippen LogP contribution >= 0.6 is 12.2 Å². The summed E-state index contributed by atoms with van der Waals surface area (Å²) in [6.07, 6.45) is 5.96. The summed E-state index contributed by atoms with van der Waals surface area (Å²) in [5.41, 5.74) is 0.893. The van der Waals surface area contributed by atoms with E-state index in [2.05, 4.69) is 24.5 Å². The number of hydrogen-bond donors (Lipinski definition) is 2. The van der Waals surface area contributed by atoms with Crippen molar-refractivity contribution in [2.45, 2.75) is 46.0 Å². The number of fused-ring (bicyclic) bond motifs is 1. The van der Waals surface area contributed by atoms with Gasteiger partial charge in [0, 0.05) is 31.5 Å². The highest BCUT2D eigenvalue weighted by atomic mass is 32.1. The molecule has 0 amide bonds. The molecule has 0 bridgehead atoms. The van der Waals surface area contributed by atoms with Gasteiger partial charge in [0.1, 0.15) is 13.2 Å². The van der Waals surface area contributed by atoms with Crippen LogP contribution in [0.15, 0.2) is 18.2 Å². The van der Waals surface area contributed by atoms with E-state index >= 15 is 0 Å². The van der Waals surface area contributed by atoms with Crippen molar-refractivity contribution in [2.24, 2.45) is 5.92 Å². The van der Waals surface area contributed by atoms with Crippen molar-refractivity contribution in [3.63, 3.8) is 0 Å². The quantitative estimate of drug-likeness (QED) is 0.439. The summed E-state index contributed by atoms with van der Waals surface area (Å²) in [5, 5.41) is 7.00. The van der Waals surface area contributed by atoms with Crippen molar-refractivity contribution < 1.29 is 14.2 Å². The van der Waals surface area contributed by atoms with E-state index in [4.69, 9.17) is 26.4 Å². The van der Waals surface area contributed by atoms with Gasteiger partial charge in [-0.15, -0.1) is 0 Å². The molecule has 2 N–H and O–H groups in total. The van der Waals surface area contributed by atoms with Gasteiger partial charge in [0.25, 0.3) is 0 Å². The van der Waals surface area contributed by atoms with Gasteiger partial charge in [0.05, 0.1) is 0 Å². The topological polar surface area (TPSA) is 51.8 Å². The van der Waals surface area contributed by atoms with E-state index in [0.717, 1.165) is 43.4 Å². The fourth-order valence-electron chi connectivity index (χ4n) is 2.82. The Morgan fingerprint density at radius 3 is 2.77 bits per heavy atom. The number of hydrogen-bond acceptors (Lipinski definition) is 4. The van der Waals surface area contributed by atoms with Gasteiger partial charge >= 0.3 is 0 Å². The summed E-state index contributed by atoms with van der Waals surface area (Å²) < 4.78 is 16.9. The third-order valence-corrected chi connectivity index (χ3v) is 4.69. The number of nitrogens with one attached hydrogen (secondary N) is 2. The van der Waals surface area contributed by atoms with Crippen LogP contribution in [-0.2, 0) is 4.74 Å². The van der Waals surface area contributed by atoms with Crippen LogP contribution in [0.4, 0.5) is 5.69 Å². The molecular formula is C20H32N2O3S. The van der Waals surface area contributed by atoms with E-state index in [1.807, 2.05) is 18.2 Å². The molecule has 0 saturated carbocycles. The maximum Gasteiger partial charge on any atom is 0.170 e. The lowest BCUT2D eigenvalue weighted by Gasteiger charge is -2.19. The SMILES string of the molecule is CCCCC(CC)COCCCNC(=S)Nc1ccc2c(c1)OCCO2. The third-order valence-electron chi connectivity index (χ3n) is 4.45. The Morgan fingerprint density at radius 1 is 1.19 bits per heavy atom. The Bertz CT molecular complexity index is 554. The molecule has 0 fully saturated rings. The highest BCUT2D eigenvalue weighted by molar-refractivity contribution is 7.80. The second kappa shape index (κ2) is 12.0. The van der Waals surface area contributed by atoms with E-state index in [1.165, 1.54) is 25.7 Å². The van der Waals surface area contributed by atoms with Crippen molar-refractivity contribution in [1.82, 2.24) is 5.32 Å². The molecule has 5 nitrogen and oxygen atoms in total. The van der Waals surface area contributed by atoms with Crippen molar-refractivity contribution in [3.8, 4) is 11.5 Å². The van der Waals surface area contributed by atoms with E-state index in [0.29, 0.717) is 24.2 Å². The number of ether oxygens (including phenoxy) is 3. The first-order valence-corrected chi connectivity index (χ1v) is 10.2. The van der Waals surface area contributed by atoms with E-state index in [9.17, 15) is 0 Å². The van der Waals surface area contributed by atoms with Crippen LogP contribution in [0.5, 0.6) is 11.5 Å². The normalized spacial score (nSPS) is 13.9. The zero-order chi connectivity index (χ0) is 18.6. The largest absolute Gasteiger partial charge is 0.486 e. The minimum absolute atomic E-state index is 0.580. The second-order valence-electron chi connectivity index (χ2n) is 6.58. The van der Waals surface area contributed by atoms with Gasteiger partial charge in [-0.05, 0) is 43.1 Å². The van der Waals surface area contributed by atoms with E-state index in [-0.39, 0.29) is 0 Å². The number of rotatable bonds is 11. The molecule has 6 heteroatoms. The van der Waals surface area contributed by atoms with Crippen LogP contribution in [0.25, 0.3) is 0 Å². The van der Waals surface area contributed by atoms with Crippen LogP contribution < -0.4 is 20.1 Å². The molecule has 0 aromatic heterocycles. The summed E-state index contributed by atoms with van der Waals surface area (Å²) >= 11 is 5.34. The number of benzene rings is 1. The molecule has 0 radical (unpaired) electrons. The van der Waals surface area contributed by atoms with Crippen LogP contribution in [0, 0.1) is 5.92 Å². The Balaban J connectivity index is 1.58. The summed E-state index contributed by atoms with van der Waals surface area (Å²) in [6, 6.07) is 5.74. The maximum atomic E-state index is 5.81. The molecular weight excluding hydrogens is 348 g/mol. The average Bonchev–Trinajstić information content (AvgIpc) is 2.66. The average molecular weight is 381 g/mol. The van der Waals surface area contributed by atoms with E-state index < -0.39 is 0 Å². The molecule has 1 aromatic rings. The van der Waals surface area contributed by atoms with Gasteiger partial charge in [-0.3, -0.25) is 0 Å². The highest BCUT2D eigenvalue weighted by Crippen LogP contribution is 2.32. The summed E-state index contributed by atoms with van der Waals surface area (Å²) in [6.45, 7) is 8.09. The molecule has 1 unspecified atom stereocenters. The molecule has 1 aliphatic heterocycles. The van der Waals surface area contributed by atoms with Crippen LogP contribution in [0.3, 0.4) is 0 Å². The van der Waals surface area contributed by atoms with E-state index in [1.54, 1.807) is 0 Å². The molecule has 1 heterocycles. The molecule has 0 aliphatic carbocycles. The lowest BCUT2D eigenvalue weighted by molar-refractivity contribution is 0.0928. The monoisotopic (exact) mass is 380 g/mol. The van der Waals surface area contributed by atoms with Gasteiger partial charge in [-0.2, -0.15) is 0 Å². The predicted molar refractivity (Wildman–Crippen MR) is 110 cm³/mol. The molecule has 2 rings (SSSR count). The second-order valence-corrected chi connectivity index (χ2v) is 6.99. The Hall–Kier alpha value is -1.53. The molecule has 146 valence electrons.